The van der Waals surface area contributed by atoms with E-state index in [0.717, 1.165) is 11.0 Å². The third kappa shape index (κ3) is 2.41. The molecule has 3 aromatic rings. The molecule has 1 aliphatic rings. The van der Waals surface area contributed by atoms with Gasteiger partial charge in [-0.1, -0.05) is 0 Å². The number of nitrogens with zero attached hydrogens (tertiary/aromatic N) is 5. The lowest BCUT2D eigenvalue weighted by molar-refractivity contribution is 0.128. The zero-order valence-electron chi connectivity index (χ0n) is 12.3. The van der Waals surface area contributed by atoms with Gasteiger partial charge in [0.25, 0.3) is 5.95 Å². The van der Waals surface area contributed by atoms with Crippen molar-refractivity contribution < 1.29 is 14.4 Å². The molecule has 4 rings (SSSR count). The van der Waals surface area contributed by atoms with Crippen LogP contribution in [0.4, 0.5) is 4.79 Å². The molecule has 1 aliphatic heterocycles. The Balaban J connectivity index is 1.57. The zero-order valence-corrected chi connectivity index (χ0v) is 12.3. The van der Waals surface area contributed by atoms with Gasteiger partial charge in [0.05, 0.1) is 0 Å². The van der Waals surface area contributed by atoms with Crippen molar-refractivity contribution in [3.8, 4) is 5.95 Å². The van der Waals surface area contributed by atoms with Crippen molar-refractivity contribution >= 4 is 17.1 Å². The van der Waals surface area contributed by atoms with E-state index in [-0.39, 0.29) is 5.92 Å². The molecule has 0 bridgehead atoms. The SMILES string of the molecule is O=C(O)N1CCC(c2nc(-n3ccc4cccnc43)no2)CC1. The van der Waals surface area contributed by atoms with Gasteiger partial charge in [-0.05, 0) is 36.2 Å². The first-order chi connectivity index (χ1) is 11.2. The van der Waals surface area contributed by atoms with Crippen molar-refractivity contribution in [2.75, 3.05) is 13.1 Å². The summed E-state index contributed by atoms with van der Waals surface area (Å²) in [6.45, 7) is 0.984. The summed E-state index contributed by atoms with van der Waals surface area (Å²) in [6.07, 6.45) is 4.09. The van der Waals surface area contributed by atoms with Crippen molar-refractivity contribution in [2.45, 2.75) is 18.8 Å². The molecule has 0 saturated carbocycles. The number of amides is 1. The topological polar surface area (TPSA) is 97.3 Å². The van der Waals surface area contributed by atoms with Crippen LogP contribution in [0.15, 0.2) is 35.1 Å². The van der Waals surface area contributed by atoms with Crippen LogP contribution in [0.2, 0.25) is 0 Å². The van der Waals surface area contributed by atoms with Gasteiger partial charge < -0.3 is 14.5 Å². The van der Waals surface area contributed by atoms with E-state index < -0.39 is 6.09 Å². The number of hydrogen-bond donors (Lipinski definition) is 1. The van der Waals surface area contributed by atoms with Crippen LogP contribution in [0, 0.1) is 0 Å². The van der Waals surface area contributed by atoms with Gasteiger partial charge in [-0.15, -0.1) is 0 Å². The lowest BCUT2D eigenvalue weighted by atomic mass is 9.97. The van der Waals surface area contributed by atoms with E-state index in [4.69, 9.17) is 9.63 Å². The highest BCUT2D eigenvalue weighted by molar-refractivity contribution is 5.77. The summed E-state index contributed by atoms with van der Waals surface area (Å²) in [4.78, 5) is 21.2. The number of aromatic nitrogens is 4. The first kappa shape index (κ1) is 13.7. The van der Waals surface area contributed by atoms with Crippen molar-refractivity contribution in [2.24, 2.45) is 0 Å². The molecule has 1 N–H and O–H groups in total. The summed E-state index contributed by atoms with van der Waals surface area (Å²) >= 11 is 0. The first-order valence-corrected chi connectivity index (χ1v) is 7.46. The fraction of sp³-hybridized carbons (Fsp3) is 0.333. The predicted octanol–water partition coefficient (Wildman–Crippen LogP) is 2.27. The van der Waals surface area contributed by atoms with Crippen LogP contribution in [0.5, 0.6) is 0 Å². The maximum Gasteiger partial charge on any atom is 0.407 e. The van der Waals surface area contributed by atoms with Gasteiger partial charge in [-0.3, -0.25) is 4.57 Å². The maximum atomic E-state index is 10.9. The summed E-state index contributed by atoms with van der Waals surface area (Å²) in [5.41, 5.74) is 0.778. The van der Waals surface area contributed by atoms with Crippen LogP contribution in [-0.4, -0.2) is 48.9 Å². The molecule has 0 aromatic carbocycles. The Kier molecular flexibility index (Phi) is 3.22. The molecule has 0 radical (unpaired) electrons. The predicted molar refractivity (Wildman–Crippen MR) is 80.5 cm³/mol. The fourth-order valence-corrected chi connectivity index (χ4v) is 2.94. The Hall–Kier alpha value is -2.90. The normalized spacial score (nSPS) is 16.1. The average Bonchev–Trinajstić information content (AvgIpc) is 3.21. The molecular weight excluding hydrogens is 298 g/mol. The van der Waals surface area contributed by atoms with Crippen molar-refractivity contribution in [1.82, 2.24) is 24.6 Å². The third-order valence-electron chi connectivity index (χ3n) is 4.21. The number of rotatable bonds is 2. The Labute approximate surface area is 131 Å². The molecule has 3 aromatic heterocycles. The van der Waals surface area contributed by atoms with Gasteiger partial charge in [-0.2, -0.15) is 4.98 Å². The van der Waals surface area contributed by atoms with Crippen molar-refractivity contribution in [3.05, 3.63) is 36.5 Å². The molecule has 1 fully saturated rings. The Morgan fingerprint density at radius 1 is 1.30 bits per heavy atom. The van der Waals surface area contributed by atoms with E-state index in [1.165, 1.54) is 4.90 Å². The van der Waals surface area contributed by atoms with Crippen LogP contribution in [-0.2, 0) is 0 Å². The molecule has 118 valence electrons. The molecule has 0 atom stereocenters. The van der Waals surface area contributed by atoms with Crippen LogP contribution < -0.4 is 0 Å². The highest BCUT2D eigenvalue weighted by Crippen LogP contribution is 2.27. The van der Waals surface area contributed by atoms with Crippen LogP contribution >= 0.6 is 0 Å². The van der Waals surface area contributed by atoms with Gasteiger partial charge in [0, 0.05) is 36.8 Å². The van der Waals surface area contributed by atoms with E-state index in [2.05, 4.69) is 15.1 Å². The van der Waals surface area contributed by atoms with Gasteiger partial charge in [0.1, 0.15) is 5.65 Å². The molecule has 0 aliphatic carbocycles. The summed E-state index contributed by atoms with van der Waals surface area (Å²) in [7, 11) is 0. The highest BCUT2D eigenvalue weighted by Gasteiger charge is 2.27. The van der Waals surface area contributed by atoms with Gasteiger partial charge >= 0.3 is 6.09 Å². The fourth-order valence-electron chi connectivity index (χ4n) is 2.94. The summed E-state index contributed by atoms with van der Waals surface area (Å²) < 4.78 is 7.18. The largest absolute Gasteiger partial charge is 0.465 e. The van der Waals surface area contributed by atoms with Crippen molar-refractivity contribution in [1.29, 1.82) is 0 Å². The zero-order chi connectivity index (χ0) is 15.8. The minimum atomic E-state index is -0.875. The van der Waals surface area contributed by atoms with Gasteiger partial charge in [-0.25, -0.2) is 9.78 Å². The Morgan fingerprint density at radius 3 is 2.91 bits per heavy atom. The third-order valence-corrected chi connectivity index (χ3v) is 4.21. The monoisotopic (exact) mass is 313 g/mol. The highest BCUT2D eigenvalue weighted by atomic mass is 16.5. The summed E-state index contributed by atoms with van der Waals surface area (Å²) in [5, 5.41) is 14.0. The van der Waals surface area contributed by atoms with E-state index in [9.17, 15) is 4.79 Å². The number of hydrogen-bond acceptors (Lipinski definition) is 5. The second-order valence-corrected chi connectivity index (χ2v) is 5.58. The second kappa shape index (κ2) is 5.38. The van der Waals surface area contributed by atoms with Crippen molar-refractivity contribution in [3.63, 3.8) is 0 Å². The van der Waals surface area contributed by atoms with E-state index in [0.29, 0.717) is 37.8 Å². The molecule has 1 saturated heterocycles. The first-order valence-electron chi connectivity index (χ1n) is 7.46. The summed E-state index contributed by atoms with van der Waals surface area (Å²) in [6, 6.07) is 5.80. The van der Waals surface area contributed by atoms with Crippen LogP contribution in [0.3, 0.4) is 0 Å². The number of likely N-dealkylation sites (tertiary alicyclic amines) is 1. The standard InChI is InChI=1S/C15H15N5O3/c21-15(22)19-7-3-11(4-8-19)13-17-14(18-23-13)20-9-5-10-2-1-6-16-12(10)20/h1-2,5-6,9,11H,3-4,7-8H2,(H,21,22). The number of fused-ring (bicyclic) bond motifs is 1. The van der Waals surface area contributed by atoms with Crippen LogP contribution in [0.1, 0.15) is 24.7 Å². The van der Waals surface area contributed by atoms with E-state index in [1.807, 2.05) is 24.4 Å². The summed E-state index contributed by atoms with van der Waals surface area (Å²) in [5.74, 6) is 1.11. The number of carbonyl (C=O) groups is 1. The molecule has 1 amide bonds. The smallest absolute Gasteiger partial charge is 0.407 e. The lowest BCUT2D eigenvalue weighted by Crippen LogP contribution is -2.36. The van der Waals surface area contributed by atoms with E-state index in [1.54, 1.807) is 10.8 Å². The second-order valence-electron chi connectivity index (χ2n) is 5.58. The van der Waals surface area contributed by atoms with Gasteiger partial charge in [0.15, 0.2) is 0 Å². The molecule has 0 unspecified atom stereocenters. The van der Waals surface area contributed by atoms with Gasteiger partial charge in [0.2, 0.25) is 5.89 Å². The minimum Gasteiger partial charge on any atom is -0.465 e. The molecule has 23 heavy (non-hydrogen) atoms. The number of piperidine rings is 1. The molecular formula is C15H15N5O3. The molecule has 8 nitrogen and oxygen atoms in total. The number of carboxylic acid groups (broad SMARTS) is 1. The Morgan fingerprint density at radius 2 is 2.13 bits per heavy atom. The quantitative estimate of drug-likeness (QED) is 0.779. The average molecular weight is 313 g/mol. The Bertz CT molecular complexity index is 848. The lowest BCUT2D eigenvalue weighted by Gasteiger charge is -2.27. The maximum absolute atomic E-state index is 10.9. The van der Waals surface area contributed by atoms with Crippen LogP contribution in [0.25, 0.3) is 17.0 Å². The van der Waals surface area contributed by atoms with E-state index >= 15 is 0 Å². The number of pyridine rings is 1. The molecule has 0 spiro atoms. The minimum absolute atomic E-state index is 0.0987. The molecule has 8 heteroatoms. The molecule has 4 heterocycles.